The summed E-state index contributed by atoms with van der Waals surface area (Å²) in [6.45, 7) is 6.15. The Kier molecular flexibility index (Phi) is 7.15. The van der Waals surface area contributed by atoms with Gasteiger partial charge in [-0.2, -0.15) is 4.98 Å². The molecule has 210 valence electrons. The first kappa shape index (κ1) is 26.5. The van der Waals surface area contributed by atoms with Crippen LogP contribution in [-0.4, -0.2) is 65.1 Å². The van der Waals surface area contributed by atoms with Gasteiger partial charge in [0.15, 0.2) is 5.78 Å². The fourth-order valence-corrected chi connectivity index (χ4v) is 5.31. The van der Waals surface area contributed by atoms with Crippen molar-refractivity contribution in [3.63, 3.8) is 0 Å². The summed E-state index contributed by atoms with van der Waals surface area (Å²) in [7, 11) is 3.64. The monoisotopic (exact) mass is 551 g/mol. The van der Waals surface area contributed by atoms with Gasteiger partial charge in [-0.3, -0.25) is 14.2 Å². The summed E-state index contributed by atoms with van der Waals surface area (Å²) in [5.74, 6) is 0.622. The number of nitrogens with one attached hydrogen (secondary N) is 3. The molecule has 1 atom stereocenters. The van der Waals surface area contributed by atoms with E-state index in [9.17, 15) is 9.59 Å². The van der Waals surface area contributed by atoms with Crippen LogP contribution in [0.5, 0.6) is 5.75 Å². The number of benzene rings is 2. The molecule has 10 heteroatoms. The highest BCUT2D eigenvalue weighted by molar-refractivity contribution is 6.03. The predicted molar refractivity (Wildman–Crippen MR) is 161 cm³/mol. The molecule has 0 aliphatic carbocycles. The van der Waals surface area contributed by atoms with Crippen molar-refractivity contribution in [2.75, 3.05) is 44.4 Å². The fourth-order valence-electron chi connectivity index (χ4n) is 5.31. The van der Waals surface area contributed by atoms with Crippen LogP contribution in [0, 0.1) is 0 Å². The number of anilines is 3. The summed E-state index contributed by atoms with van der Waals surface area (Å²) in [6, 6.07) is 16.3. The Hall–Kier alpha value is -4.70. The summed E-state index contributed by atoms with van der Waals surface area (Å²) in [6.07, 6.45) is 3.84. The first-order valence-electron chi connectivity index (χ1n) is 13.8. The van der Waals surface area contributed by atoms with Gasteiger partial charge in [-0.05, 0) is 68.4 Å². The maximum Gasteiger partial charge on any atom is 0.262 e. The van der Waals surface area contributed by atoms with E-state index in [0.29, 0.717) is 45.6 Å². The number of rotatable bonds is 7. The molecule has 4 aromatic rings. The lowest BCUT2D eigenvalue weighted by Gasteiger charge is -2.27. The standard InChI is InChI=1S/C31H33N7O3/c1-19(37(2)3)25-16-20-17-33-31(35-22-10-8-21(9-11-22)34-23-12-14-32-15-13-23)36-29(20)38(30(25)40)26-18-41-27-7-5-4-6-24(27)28(26)39/h4-11,16-17,23,26,32,34H,1,12-15,18H2,2-3H3,(H,33,35,36). The number of Topliss-reactive ketones (excluding diaryl/α,β-unsaturated/α-hetero) is 1. The van der Waals surface area contributed by atoms with Crippen molar-refractivity contribution < 1.29 is 9.53 Å². The number of pyridine rings is 1. The lowest BCUT2D eigenvalue weighted by Crippen LogP contribution is -2.38. The van der Waals surface area contributed by atoms with E-state index in [2.05, 4.69) is 27.5 Å². The maximum atomic E-state index is 13.9. The highest BCUT2D eigenvalue weighted by atomic mass is 16.5. The SMILES string of the molecule is C=C(c1cc2cnc(Nc3ccc(NC4CCNCC4)cc3)nc2n(C2COc3ccccc3C2=O)c1=O)N(C)C. The average Bonchev–Trinajstić information content (AvgIpc) is 2.99. The molecule has 2 aromatic carbocycles. The molecular formula is C31H33N7O3. The Morgan fingerprint density at radius 2 is 1.80 bits per heavy atom. The Morgan fingerprint density at radius 1 is 1.07 bits per heavy atom. The van der Waals surface area contributed by atoms with E-state index in [4.69, 9.17) is 9.72 Å². The highest BCUT2D eigenvalue weighted by Crippen LogP contribution is 2.31. The number of nitrogens with zero attached hydrogens (tertiary/aromatic N) is 4. The van der Waals surface area contributed by atoms with Crippen LogP contribution in [0.25, 0.3) is 16.7 Å². The lowest BCUT2D eigenvalue weighted by atomic mass is 10.00. The van der Waals surface area contributed by atoms with E-state index in [1.54, 1.807) is 35.4 Å². The quantitative estimate of drug-likeness (QED) is 0.313. The van der Waals surface area contributed by atoms with Crippen LogP contribution < -0.4 is 26.2 Å². The molecule has 0 bridgehead atoms. The van der Waals surface area contributed by atoms with Crippen molar-refractivity contribution in [3.8, 4) is 5.75 Å². The van der Waals surface area contributed by atoms with Gasteiger partial charge in [-0.25, -0.2) is 4.98 Å². The number of hydrogen-bond acceptors (Lipinski definition) is 9. The molecule has 10 nitrogen and oxygen atoms in total. The number of piperidine rings is 1. The van der Waals surface area contributed by atoms with Gasteiger partial charge in [0.25, 0.3) is 5.56 Å². The Labute approximate surface area is 238 Å². The van der Waals surface area contributed by atoms with Gasteiger partial charge < -0.3 is 25.6 Å². The normalized spacial score (nSPS) is 17.0. The molecule has 41 heavy (non-hydrogen) atoms. The second kappa shape index (κ2) is 11.1. The number of ether oxygens (including phenoxy) is 1. The molecule has 1 saturated heterocycles. The van der Waals surface area contributed by atoms with Crippen molar-refractivity contribution in [2.45, 2.75) is 24.9 Å². The molecule has 1 fully saturated rings. The van der Waals surface area contributed by atoms with E-state index >= 15 is 0 Å². The van der Waals surface area contributed by atoms with Gasteiger partial charge in [0.1, 0.15) is 24.0 Å². The van der Waals surface area contributed by atoms with E-state index in [1.165, 1.54) is 4.57 Å². The number of carbonyl (C=O) groups is 1. The molecule has 0 radical (unpaired) electrons. The number of carbonyl (C=O) groups excluding carboxylic acids is 1. The van der Waals surface area contributed by atoms with Gasteiger partial charge in [0, 0.05) is 48.8 Å². The molecule has 2 aromatic heterocycles. The number of fused-ring (bicyclic) bond motifs is 2. The molecule has 6 rings (SSSR count). The largest absolute Gasteiger partial charge is 0.490 e. The number of para-hydroxylation sites is 1. The van der Waals surface area contributed by atoms with Crippen LogP contribution in [0.15, 0.2) is 72.2 Å². The summed E-state index contributed by atoms with van der Waals surface area (Å²) in [5.41, 5.74) is 3.17. The molecule has 2 aliphatic rings. The topological polar surface area (TPSA) is 113 Å². The lowest BCUT2D eigenvalue weighted by molar-refractivity contribution is 0.0841. The smallest absolute Gasteiger partial charge is 0.262 e. The minimum atomic E-state index is -0.891. The van der Waals surface area contributed by atoms with Crippen molar-refractivity contribution >= 4 is 39.8 Å². The van der Waals surface area contributed by atoms with Crippen molar-refractivity contribution in [2.24, 2.45) is 0 Å². The minimum Gasteiger partial charge on any atom is -0.490 e. The van der Waals surface area contributed by atoms with E-state index < -0.39 is 6.04 Å². The van der Waals surface area contributed by atoms with E-state index in [-0.39, 0.29) is 17.9 Å². The fraction of sp³-hybridized carbons (Fsp3) is 0.290. The summed E-state index contributed by atoms with van der Waals surface area (Å²) >= 11 is 0. The predicted octanol–water partition coefficient (Wildman–Crippen LogP) is 4.05. The third-order valence-electron chi connectivity index (χ3n) is 7.64. The third-order valence-corrected chi connectivity index (χ3v) is 7.64. The molecule has 4 heterocycles. The molecule has 1 unspecified atom stereocenters. The zero-order valence-electron chi connectivity index (χ0n) is 23.2. The number of ketones is 1. The summed E-state index contributed by atoms with van der Waals surface area (Å²) in [4.78, 5) is 38.6. The van der Waals surface area contributed by atoms with E-state index in [0.717, 1.165) is 37.3 Å². The second-order valence-electron chi connectivity index (χ2n) is 10.6. The summed E-state index contributed by atoms with van der Waals surface area (Å²) < 4.78 is 7.35. The van der Waals surface area contributed by atoms with Crippen LogP contribution in [0.3, 0.4) is 0 Å². The van der Waals surface area contributed by atoms with Gasteiger partial charge in [0.05, 0.1) is 11.1 Å². The van der Waals surface area contributed by atoms with Crippen molar-refractivity contribution in [3.05, 3.63) is 88.9 Å². The zero-order chi connectivity index (χ0) is 28.5. The first-order valence-corrected chi connectivity index (χ1v) is 13.8. The molecular weight excluding hydrogens is 518 g/mol. The van der Waals surface area contributed by atoms with Crippen LogP contribution in [0.1, 0.15) is 34.8 Å². The first-order chi connectivity index (χ1) is 19.9. The Bertz CT molecular complexity index is 1670. The van der Waals surface area contributed by atoms with Crippen molar-refractivity contribution in [1.29, 1.82) is 0 Å². The molecule has 2 aliphatic heterocycles. The third kappa shape index (κ3) is 5.26. The zero-order valence-corrected chi connectivity index (χ0v) is 23.2. The second-order valence-corrected chi connectivity index (χ2v) is 10.6. The van der Waals surface area contributed by atoms with Crippen molar-refractivity contribution in [1.82, 2.24) is 24.8 Å². The van der Waals surface area contributed by atoms with Gasteiger partial charge in [-0.1, -0.05) is 18.7 Å². The average molecular weight is 552 g/mol. The van der Waals surface area contributed by atoms with Gasteiger partial charge in [-0.15, -0.1) is 0 Å². The van der Waals surface area contributed by atoms with Crippen LogP contribution in [0.2, 0.25) is 0 Å². The minimum absolute atomic E-state index is 0.0149. The number of aromatic nitrogens is 3. The van der Waals surface area contributed by atoms with Gasteiger partial charge >= 0.3 is 0 Å². The van der Waals surface area contributed by atoms with E-state index in [1.807, 2.05) is 44.4 Å². The highest BCUT2D eigenvalue weighted by Gasteiger charge is 2.33. The number of hydrogen-bond donors (Lipinski definition) is 3. The summed E-state index contributed by atoms with van der Waals surface area (Å²) in [5, 5.41) is 10.8. The molecule has 3 N–H and O–H groups in total. The molecule has 0 amide bonds. The molecule has 0 saturated carbocycles. The van der Waals surface area contributed by atoms with Crippen LogP contribution in [-0.2, 0) is 0 Å². The Morgan fingerprint density at radius 3 is 2.56 bits per heavy atom. The molecule has 0 spiro atoms. The van der Waals surface area contributed by atoms with Crippen LogP contribution >= 0.6 is 0 Å². The van der Waals surface area contributed by atoms with Gasteiger partial charge in [0.2, 0.25) is 5.95 Å². The maximum absolute atomic E-state index is 13.9. The Balaban J connectivity index is 1.36. The van der Waals surface area contributed by atoms with Crippen LogP contribution in [0.4, 0.5) is 17.3 Å².